The Bertz CT molecular complexity index is 540. The van der Waals surface area contributed by atoms with E-state index < -0.39 is 5.60 Å². The molecule has 2 rings (SSSR count). The average Bonchev–Trinajstić information content (AvgIpc) is 2.91. The quantitative estimate of drug-likeness (QED) is 0.893. The molecule has 1 fully saturated rings. The molecule has 1 saturated carbocycles. The maximum Gasteiger partial charge on any atom is 0.407 e. The summed E-state index contributed by atoms with van der Waals surface area (Å²) < 4.78 is 5.26. The van der Waals surface area contributed by atoms with Gasteiger partial charge in [-0.15, -0.1) is 0 Å². The average molecular weight is 319 g/mol. The smallest absolute Gasteiger partial charge is 0.407 e. The number of carbonyl (C=O) groups excluding carboxylic acids is 2. The number of pyridine rings is 1. The van der Waals surface area contributed by atoms with Crippen LogP contribution in [0.2, 0.25) is 0 Å². The summed E-state index contributed by atoms with van der Waals surface area (Å²) in [6.07, 6.45) is 5.56. The van der Waals surface area contributed by atoms with E-state index in [-0.39, 0.29) is 18.0 Å². The van der Waals surface area contributed by atoms with Crippen molar-refractivity contribution in [3.63, 3.8) is 0 Å². The lowest BCUT2D eigenvalue weighted by molar-refractivity contribution is 0.0504. The number of amides is 2. The second-order valence-corrected chi connectivity index (χ2v) is 6.97. The van der Waals surface area contributed by atoms with E-state index in [0.29, 0.717) is 18.0 Å². The first-order valence-corrected chi connectivity index (χ1v) is 8.01. The van der Waals surface area contributed by atoms with E-state index in [2.05, 4.69) is 15.6 Å². The van der Waals surface area contributed by atoms with E-state index >= 15 is 0 Å². The zero-order valence-corrected chi connectivity index (χ0v) is 14.0. The van der Waals surface area contributed by atoms with Gasteiger partial charge in [-0.25, -0.2) is 4.79 Å². The zero-order valence-electron chi connectivity index (χ0n) is 14.0. The number of nitrogens with one attached hydrogen (secondary N) is 2. The fourth-order valence-corrected chi connectivity index (χ4v) is 2.70. The minimum atomic E-state index is -0.486. The summed E-state index contributed by atoms with van der Waals surface area (Å²) in [5, 5.41) is 5.83. The van der Waals surface area contributed by atoms with Gasteiger partial charge in [0, 0.05) is 25.0 Å². The summed E-state index contributed by atoms with van der Waals surface area (Å²) in [4.78, 5) is 27.7. The van der Waals surface area contributed by atoms with Gasteiger partial charge in [0.1, 0.15) is 5.60 Å². The molecule has 23 heavy (non-hydrogen) atoms. The topological polar surface area (TPSA) is 80.3 Å². The molecule has 0 aromatic carbocycles. The first kappa shape index (κ1) is 17.2. The maximum atomic E-state index is 12.0. The minimum absolute atomic E-state index is 0.110. The lowest BCUT2D eigenvalue weighted by atomic mass is 10.1. The number of hydrogen-bond donors (Lipinski definition) is 2. The van der Waals surface area contributed by atoms with Crippen LogP contribution < -0.4 is 10.6 Å². The van der Waals surface area contributed by atoms with Gasteiger partial charge < -0.3 is 15.4 Å². The molecule has 0 aliphatic heterocycles. The molecule has 2 amide bonds. The molecule has 0 unspecified atom stereocenters. The summed E-state index contributed by atoms with van der Waals surface area (Å²) in [7, 11) is 0. The van der Waals surface area contributed by atoms with Crippen molar-refractivity contribution < 1.29 is 14.3 Å². The van der Waals surface area contributed by atoms with Crippen LogP contribution in [-0.4, -0.2) is 35.2 Å². The first-order valence-electron chi connectivity index (χ1n) is 8.01. The highest BCUT2D eigenvalue weighted by Crippen LogP contribution is 2.25. The van der Waals surface area contributed by atoms with Gasteiger partial charge >= 0.3 is 6.09 Å². The molecule has 126 valence electrons. The fourth-order valence-electron chi connectivity index (χ4n) is 2.70. The summed E-state index contributed by atoms with van der Waals surface area (Å²) >= 11 is 0. The molecule has 1 aromatic heterocycles. The van der Waals surface area contributed by atoms with E-state index in [1.165, 1.54) is 0 Å². The van der Waals surface area contributed by atoms with Gasteiger partial charge in [-0.3, -0.25) is 9.78 Å². The maximum absolute atomic E-state index is 12.0. The SMILES string of the molecule is CC(C)(C)OC(=O)N[C@H]1CC[C@@H](CNC(=O)c2cccnc2)C1. The Morgan fingerprint density at radius 3 is 2.78 bits per heavy atom. The van der Waals surface area contributed by atoms with Crippen LogP contribution in [0.15, 0.2) is 24.5 Å². The normalized spacial score (nSPS) is 20.8. The van der Waals surface area contributed by atoms with Gasteiger partial charge in [-0.1, -0.05) is 0 Å². The monoisotopic (exact) mass is 319 g/mol. The van der Waals surface area contributed by atoms with Crippen molar-refractivity contribution in [2.24, 2.45) is 5.92 Å². The minimum Gasteiger partial charge on any atom is -0.444 e. The largest absolute Gasteiger partial charge is 0.444 e. The van der Waals surface area contributed by atoms with Crippen molar-refractivity contribution in [1.29, 1.82) is 0 Å². The second kappa shape index (κ2) is 7.44. The van der Waals surface area contributed by atoms with E-state index in [9.17, 15) is 9.59 Å². The number of rotatable bonds is 4. The Morgan fingerprint density at radius 1 is 1.35 bits per heavy atom. The number of alkyl carbamates (subject to hydrolysis) is 1. The Hall–Kier alpha value is -2.11. The van der Waals surface area contributed by atoms with Crippen molar-refractivity contribution in [3.05, 3.63) is 30.1 Å². The molecule has 1 aliphatic rings. The number of carbonyl (C=O) groups is 2. The summed E-state index contributed by atoms with van der Waals surface area (Å²) in [5.41, 5.74) is 0.0775. The fraction of sp³-hybridized carbons (Fsp3) is 0.588. The molecule has 0 saturated heterocycles. The molecule has 2 atom stereocenters. The van der Waals surface area contributed by atoms with Gasteiger partial charge in [0.2, 0.25) is 0 Å². The molecule has 6 heteroatoms. The molecule has 0 spiro atoms. The summed E-state index contributed by atoms with van der Waals surface area (Å²) in [6, 6.07) is 3.60. The molecule has 0 radical (unpaired) electrons. The number of nitrogens with zero attached hydrogens (tertiary/aromatic N) is 1. The van der Waals surface area contributed by atoms with Crippen LogP contribution in [-0.2, 0) is 4.74 Å². The van der Waals surface area contributed by atoms with Crippen LogP contribution in [0.3, 0.4) is 0 Å². The Balaban J connectivity index is 1.71. The molecule has 1 aromatic rings. The van der Waals surface area contributed by atoms with E-state index in [1.807, 2.05) is 20.8 Å². The zero-order chi connectivity index (χ0) is 16.9. The van der Waals surface area contributed by atoms with E-state index in [1.54, 1.807) is 24.5 Å². The van der Waals surface area contributed by atoms with Gasteiger partial charge in [0.05, 0.1) is 5.56 Å². The van der Waals surface area contributed by atoms with E-state index in [4.69, 9.17) is 4.74 Å². The van der Waals surface area contributed by atoms with Crippen molar-refractivity contribution in [2.45, 2.75) is 51.7 Å². The summed E-state index contributed by atoms with van der Waals surface area (Å²) in [6.45, 7) is 6.15. The number of hydrogen-bond acceptors (Lipinski definition) is 4. The predicted octanol–water partition coefficient (Wildman–Crippen LogP) is 2.50. The van der Waals surface area contributed by atoms with Crippen LogP contribution in [0.25, 0.3) is 0 Å². The van der Waals surface area contributed by atoms with Crippen LogP contribution in [0.4, 0.5) is 4.79 Å². The third kappa shape index (κ3) is 5.88. The van der Waals surface area contributed by atoms with Crippen LogP contribution in [0.5, 0.6) is 0 Å². The number of aromatic nitrogens is 1. The first-order chi connectivity index (χ1) is 10.8. The van der Waals surface area contributed by atoms with Crippen LogP contribution in [0, 0.1) is 5.92 Å². The lowest BCUT2D eigenvalue weighted by Crippen LogP contribution is -2.38. The van der Waals surface area contributed by atoms with Crippen molar-refractivity contribution in [1.82, 2.24) is 15.6 Å². The van der Waals surface area contributed by atoms with Gasteiger partial charge in [-0.05, 0) is 58.1 Å². The number of ether oxygens (including phenoxy) is 1. The molecule has 2 N–H and O–H groups in total. The third-order valence-electron chi connectivity index (χ3n) is 3.74. The van der Waals surface area contributed by atoms with Gasteiger partial charge in [-0.2, -0.15) is 0 Å². The molecule has 1 heterocycles. The summed E-state index contributed by atoms with van der Waals surface area (Å²) in [5.74, 6) is 0.261. The van der Waals surface area contributed by atoms with Crippen molar-refractivity contribution in [2.75, 3.05) is 6.54 Å². The van der Waals surface area contributed by atoms with Crippen LogP contribution in [0.1, 0.15) is 50.4 Å². The van der Waals surface area contributed by atoms with Crippen molar-refractivity contribution in [3.8, 4) is 0 Å². The third-order valence-corrected chi connectivity index (χ3v) is 3.74. The highest BCUT2D eigenvalue weighted by molar-refractivity contribution is 5.93. The lowest BCUT2D eigenvalue weighted by Gasteiger charge is -2.21. The Kier molecular flexibility index (Phi) is 5.58. The van der Waals surface area contributed by atoms with Gasteiger partial charge in [0.25, 0.3) is 5.91 Å². The molecule has 1 aliphatic carbocycles. The molecule has 0 bridgehead atoms. The second-order valence-electron chi connectivity index (χ2n) is 6.97. The Morgan fingerprint density at radius 2 is 2.13 bits per heavy atom. The van der Waals surface area contributed by atoms with E-state index in [0.717, 1.165) is 19.3 Å². The molecular formula is C17H25N3O3. The van der Waals surface area contributed by atoms with Crippen molar-refractivity contribution >= 4 is 12.0 Å². The molecular weight excluding hydrogens is 294 g/mol. The standard InChI is InChI=1S/C17H25N3O3/c1-17(2,3)23-16(22)20-14-7-6-12(9-14)10-19-15(21)13-5-4-8-18-11-13/h4-5,8,11-12,14H,6-7,9-10H2,1-3H3,(H,19,21)(H,20,22)/t12-,14+/m1/s1. The highest BCUT2D eigenvalue weighted by atomic mass is 16.6. The van der Waals surface area contributed by atoms with Gasteiger partial charge in [0.15, 0.2) is 0 Å². The Labute approximate surface area is 137 Å². The highest BCUT2D eigenvalue weighted by Gasteiger charge is 2.27. The molecule has 6 nitrogen and oxygen atoms in total. The van der Waals surface area contributed by atoms with Crippen LogP contribution >= 0.6 is 0 Å². The predicted molar refractivity (Wildman–Crippen MR) is 87.1 cm³/mol.